The summed E-state index contributed by atoms with van der Waals surface area (Å²) in [5, 5.41) is 11.6. The predicted molar refractivity (Wildman–Crippen MR) is 115 cm³/mol. The molecule has 154 valence electrons. The lowest BCUT2D eigenvalue weighted by atomic mass is 10.1. The molecule has 2 heterocycles. The predicted octanol–water partition coefficient (Wildman–Crippen LogP) is 1.63. The van der Waals surface area contributed by atoms with Crippen LogP contribution in [0.15, 0.2) is 63.6 Å². The number of hydrogen-bond acceptors (Lipinski definition) is 6. The fourth-order valence-electron chi connectivity index (χ4n) is 3.04. The normalized spacial score (nSPS) is 17.6. The van der Waals surface area contributed by atoms with E-state index in [-0.39, 0.29) is 28.0 Å². The Hall–Kier alpha value is -2.96. The average Bonchev–Trinajstić information content (AvgIpc) is 2.98. The van der Waals surface area contributed by atoms with Crippen LogP contribution in [0.25, 0.3) is 5.76 Å². The highest BCUT2D eigenvalue weighted by molar-refractivity contribution is 9.10. The number of nitrogens with zero attached hydrogens (tertiary/aromatic N) is 2. The van der Waals surface area contributed by atoms with Crippen LogP contribution in [0.3, 0.4) is 0 Å². The summed E-state index contributed by atoms with van der Waals surface area (Å²) in [7, 11) is -4.09. The van der Waals surface area contributed by atoms with Crippen molar-refractivity contribution in [3.63, 3.8) is 0 Å². The van der Waals surface area contributed by atoms with Crippen LogP contribution in [0.1, 0.15) is 5.56 Å². The molecule has 9 nitrogen and oxygen atoms in total. The van der Waals surface area contributed by atoms with Crippen LogP contribution in [0.4, 0.5) is 5.69 Å². The Labute approximate surface area is 185 Å². The summed E-state index contributed by atoms with van der Waals surface area (Å²) in [4.78, 5) is 26.2. The number of rotatable bonds is 3. The lowest BCUT2D eigenvalue weighted by Crippen LogP contribution is -2.48. The number of nitrogens with one attached hydrogen (secondary N) is 2. The molecule has 0 atom stereocenters. The van der Waals surface area contributed by atoms with Crippen molar-refractivity contribution in [3.8, 4) is 0 Å². The molecule has 2 amide bonds. The van der Waals surface area contributed by atoms with Gasteiger partial charge in [-0.25, -0.2) is 8.42 Å². The summed E-state index contributed by atoms with van der Waals surface area (Å²) < 4.78 is 27.6. The number of thiocarbonyl (C=S) groups is 1. The monoisotopic (exact) mass is 508 g/mol. The molecule has 0 bridgehead atoms. The van der Waals surface area contributed by atoms with Crippen molar-refractivity contribution >= 4 is 66.5 Å². The van der Waals surface area contributed by atoms with Gasteiger partial charge in [0.15, 0.2) is 11.5 Å². The third-order valence-electron chi connectivity index (χ3n) is 4.40. The molecular weight excluding hydrogens is 496 g/mol. The van der Waals surface area contributed by atoms with Crippen LogP contribution in [0, 0.1) is 0 Å². The van der Waals surface area contributed by atoms with Crippen LogP contribution in [0.5, 0.6) is 0 Å². The van der Waals surface area contributed by atoms with E-state index in [4.69, 9.17) is 12.2 Å². The molecule has 0 aliphatic carbocycles. The number of fused-ring (bicyclic) bond motifs is 1. The Morgan fingerprint density at radius 1 is 1.20 bits per heavy atom. The summed E-state index contributed by atoms with van der Waals surface area (Å²) in [5.74, 6) is -1.87. The van der Waals surface area contributed by atoms with Crippen molar-refractivity contribution in [3.05, 3.63) is 64.3 Å². The van der Waals surface area contributed by atoms with E-state index in [1.165, 1.54) is 23.1 Å². The molecule has 2 aromatic carbocycles. The molecule has 4 rings (SSSR count). The van der Waals surface area contributed by atoms with Gasteiger partial charge in [0.1, 0.15) is 6.54 Å². The topological polar surface area (TPSA) is 119 Å². The Morgan fingerprint density at radius 3 is 2.60 bits per heavy atom. The van der Waals surface area contributed by atoms with E-state index in [2.05, 4.69) is 26.1 Å². The third kappa shape index (κ3) is 3.42. The second kappa shape index (κ2) is 7.38. The molecule has 0 radical (unpaired) electrons. The summed E-state index contributed by atoms with van der Waals surface area (Å²) in [6.45, 7) is -0.246. The van der Waals surface area contributed by atoms with Crippen LogP contribution in [-0.4, -0.2) is 42.0 Å². The lowest BCUT2D eigenvalue weighted by molar-refractivity contribution is -0.121. The number of anilines is 1. The number of aliphatic hydroxyl groups excluding tert-OH is 1. The number of amides is 2. The zero-order valence-electron chi connectivity index (χ0n) is 15.0. The van der Waals surface area contributed by atoms with Crippen molar-refractivity contribution in [2.45, 2.75) is 4.90 Å². The first-order valence-corrected chi connectivity index (χ1v) is 11.1. The Kier molecular flexibility index (Phi) is 5.00. The van der Waals surface area contributed by atoms with Gasteiger partial charge in [-0.2, -0.15) is 0 Å². The Morgan fingerprint density at radius 2 is 1.90 bits per heavy atom. The fraction of sp³-hybridized carbons (Fsp3) is 0.0556. The van der Waals surface area contributed by atoms with Gasteiger partial charge in [-0.15, -0.1) is 0 Å². The molecule has 12 heteroatoms. The zero-order chi connectivity index (χ0) is 21.6. The van der Waals surface area contributed by atoms with E-state index >= 15 is 0 Å². The first-order valence-electron chi connectivity index (χ1n) is 8.45. The number of sulfonamides is 1. The molecule has 0 unspecified atom stereocenters. The molecule has 2 aliphatic heterocycles. The average molecular weight is 509 g/mol. The third-order valence-corrected chi connectivity index (χ3v) is 6.69. The van der Waals surface area contributed by atoms with Crippen LogP contribution in [0.2, 0.25) is 0 Å². The minimum atomic E-state index is -4.09. The van der Waals surface area contributed by atoms with Crippen molar-refractivity contribution in [1.29, 1.82) is 0 Å². The quantitative estimate of drug-likeness (QED) is 0.539. The van der Waals surface area contributed by atoms with Crippen molar-refractivity contribution in [2.24, 2.45) is 0 Å². The van der Waals surface area contributed by atoms with Gasteiger partial charge in [-0.1, -0.05) is 34.1 Å². The minimum Gasteiger partial charge on any atom is -0.505 e. The molecule has 2 aliphatic rings. The number of hydrazine groups is 1. The van der Waals surface area contributed by atoms with Gasteiger partial charge < -0.3 is 5.11 Å². The van der Waals surface area contributed by atoms with Gasteiger partial charge in [0, 0.05) is 10.0 Å². The second-order valence-electron chi connectivity index (χ2n) is 6.34. The van der Waals surface area contributed by atoms with Crippen LogP contribution in [-0.2, 0) is 19.6 Å². The maximum Gasteiger partial charge on any atom is 0.290 e. The van der Waals surface area contributed by atoms with Crippen molar-refractivity contribution < 1.29 is 23.1 Å². The number of hydrogen-bond donors (Lipinski definition) is 3. The maximum absolute atomic E-state index is 12.7. The highest BCUT2D eigenvalue weighted by Gasteiger charge is 2.38. The first-order chi connectivity index (χ1) is 14.2. The zero-order valence-corrected chi connectivity index (χ0v) is 18.2. The van der Waals surface area contributed by atoms with Crippen molar-refractivity contribution in [2.75, 3.05) is 11.4 Å². The number of benzene rings is 2. The largest absolute Gasteiger partial charge is 0.505 e. The molecule has 1 fully saturated rings. The highest BCUT2D eigenvalue weighted by atomic mass is 79.9. The summed E-state index contributed by atoms with van der Waals surface area (Å²) in [6, 6.07) is 12.9. The smallest absolute Gasteiger partial charge is 0.290 e. The van der Waals surface area contributed by atoms with Gasteiger partial charge in [-0.3, -0.25) is 29.6 Å². The molecule has 0 saturated carbocycles. The van der Waals surface area contributed by atoms with Crippen LogP contribution >= 0.6 is 28.1 Å². The van der Waals surface area contributed by atoms with Gasteiger partial charge in [0.05, 0.1) is 10.6 Å². The van der Waals surface area contributed by atoms with Gasteiger partial charge in [0.2, 0.25) is 5.11 Å². The number of aliphatic hydroxyl groups is 1. The molecule has 1 saturated heterocycles. The SMILES string of the molecule is O=C(NN1CC(=O)N(c2ccccc2)C1=S)C1=C(O)c2ccc(Br)cc2S(=O)(=O)N1. The van der Waals surface area contributed by atoms with E-state index in [0.29, 0.717) is 10.2 Å². The van der Waals surface area contributed by atoms with E-state index < -0.39 is 27.4 Å². The molecule has 0 aromatic heterocycles. The highest BCUT2D eigenvalue weighted by Crippen LogP contribution is 2.31. The Balaban J connectivity index is 1.62. The van der Waals surface area contributed by atoms with Gasteiger partial charge in [0.25, 0.3) is 21.8 Å². The van der Waals surface area contributed by atoms with Crippen molar-refractivity contribution in [1.82, 2.24) is 15.2 Å². The van der Waals surface area contributed by atoms with E-state index in [1.807, 2.05) is 0 Å². The van der Waals surface area contributed by atoms with Gasteiger partial charge in [-0.05, 0) is 42.5 Å². The lowest BCUT2D eigenvalue weighted by Gasteiger charge is -2.24. The molecule has 0 spiro atoms. The standard InChI is InChI=1S/C18H13BrN4O5S2/c19-10-6-7-12-13(8-10)30(27,28)21-15(16(12)25)17(26)20-22-9-14(24)23(18(22)29)11-4-2-1-3-5-11/h1-8,21,25H,9H2,(H,20,26). The van der Waals surface area contributed by atoms with E-state index in [0.717, 1.165) is 5.01 Å². The van der Waals surface area contributed by atoms with E-state index in [9.17, 15) is 23.1 Å². The Bertz CT molecular complexity index is 1230. The number of halogens is 1. The molecule has 2 aromatic rings. The van der Waals surface area contributed by atoms with Gasteiger partial charge >= 0.3 is 0 Å². The first kappa shape index (κ1) is 20.3. The minimum absolute atomic E-state index is 0.0163. The molecule has 30 heavy (non-hydrogen) atoms. The summed E-state index contributed by atoms with van der Waals surface area (Å²) in [5.41, 5.74) is 2.32. The second-order valence-corrected chi connectivity index (χ2v) is 9.28. The summed E-state index contributed by atoms with van der Waals surface area (Å²) >= 11 is 8.46. The number of carbonyl (C=O) groups excluding carboxylic acids is 2. The number of carbonyl (C=O) groups is 2. The van der Waals surface area contributed by atoms with E-state index in [1.54, 1.807) is 30.3 Å². The molecular formula is C18H13BrN4O5S2. The molecule has 3 N–H and O–H groups in total. The maximum atomic E-state index is 12.7. The van der Waals surface area contributed by atoms with Crippen LogP contribution < -0.4 is 15.0 Å². The summed E-state index contributed by atoms with van der Waals surface area (Å²) in [6.07, 6.45) is 0. The fourth-order valence-corrected chi connectivity index (χ4v) is 5.17. The number of para-hydroxylation sites is 1.